The Balaban J connectivity index is 2.36. The molecule has 0 unspecified atom stereocenters. The maximum absolute atomic E-state index is 4.76. The minimum Gasteiger partial charge on any atom is -0.370 e. The van der Waals surface area contributed by atoms with E-state index in [0.29, 0.717) is 0 Å². The van der Waals surface area contributed by atoms with E-state index in [1.165, 1.54) is 4.88 Å². The Morgan fingerprint density at radius 1 is 1.24 bits per heavy atom. The molecule has 5 heteroatoms. The summed E-state index contributed by atoms with van der Waals surface area (Å²) in [6.45, 7) is 11.2. The van der Waals surface area contributed by atoms with Gasteiger partial charge in [-0.3, -0.25) is 0 Å². The highest BCUT2D eigenvalue weighted by Gasteiger charge is 2.15. The number of hydrogen-bond donors (Lipinski definition) is 1. The van der Waals surface area contributed by atoms with Crippen molar-refractivity contribution < 1.29 is 0 Å². The van der Waals surface area contributed by atoms with Crippen LogP contribution in [-0.4, -0.2) is 23.1 Å². The number of thiophene rings is 1. The van der Waals surface area contributed by atoms with E-state index < -0.39 is 0 Å². The lowest BCUT2D eigenvalue weighted by molar-refractivity contribution is 0.797. The molecular weight excluding hydrogens is 280 g/mol. The van der Waals surface area contributed by atoms with Crippen LogP contribution in [0.25, 0.3) is 0 Å². The van der Waals surface area contributed by atoms with Crippen molar-refractivity contribution in [3.05, 3.63) is 33.8 Å². The fourth-order valence-corrected chi connectivity index (χ4v) is 3.00. The van der Waals surface area contributed by atoms with Crippen molar-refractivity contribution in [2.75, 3.05) is 23.3 Å². The standard InChI is InChI=1S/C16H24N4S/c1-5-14-18-15(17-6-2)12(4)16(19-14)20(7-3)11-13-9-8-10-21-13/h8-10H,5-7,11H2,1-4H3,(H,17,18,19). The molecule has 2 heterocycles. The average Bonchev–Trinajstić information content (AvgIpc) is 3.00. The van der Waals surface area contributed by atoms with Gasteiger partial charge in [0, 0.05) is 30.0 Å². The first-order valence-corrected chi connectivity index (χ1v) is 8.46. The van der Waals surface area contributed by atoms with Gasteiger partial charge in [0.05, 0.1) is 6.54 Å². The van der Waals surface area contributed by atoms with Gasteiger partial charge in [-0.05, 0) is 32.2 Å². The largest absolute Gasteiger partial charge is 0.370 e. The summed E-state index contributed by atoms with van der Waals surface area (Å²) >= 11 is 1.79. The Labute approximate surface area is 131 Å². The van der Waals surface area contributed by atoms with Crippen LogP contribution in [0.3, 0.4) is 0 Å². The van der Waals surface area contributed by atoms with E-state index in [1.54, 1.807) is 11.3 Å². The third-order valence-corrected chi connectivity index (χ3v) is 4.30. The molecule has 0 aliphatic heterocycles. The van der Waals surface area contributed by atoms with Crippen molar-refractivity contribution >= 4 is 23.0 Å². The monoisotopic (exact) mass is 304 g/mol. The maximum atomic E-state index is 4.76. The molecule has 0 spiro atoms. The van der Waals surface area contributed by atoms with E-state index >= 15 is 0 Å². The van der Waals surface area contributed by atoms with Crippen molar-refractivity contribution in [1.29, 1.82) is 0 Å². The lowest BCUT2D eigenvalue weighted by Crippen LogP contribution is -2.25. The van der Waals surface area contributed by atoms with Crippen LogP contribution in [0, 0.1) is 6.92 Å². The second kappa shape index (κ2) is 7.41. The van der Waals surface area contributed by atoms with Crippen LogP contribution in [0.4, 0.5) is 11.6 Å². The summed E-state index contributed by atoms with van der Waals surface area (Å²) in [6, 6.07) is 4.28. The lowest BCUT2D eigenvalue weighted by Gasteiger charge is -2.24. The molecule has 0 radical (unpaired) electrons. The van der Waals surface area contributed by atoms with Gasteiger partial charge in [-0.25, -0.2) is 9.97 Å². The summed E-state index contributed by atoms with van der Waals surface area (Å²) in [5, 5.41) is 5.48. The lowest BCUT2D eigenvalue weighted by atomic mass is 10.2. The Kier molecular flexibility index (Phi) is 5.56. The molecule has 0 atom stereocenters. The van der Waals surface area contributed by atoms with Gasteiger partial charge in [-0.15, -0.1) is 11.3 Å². The van der Waals surface area contributed by atoms with Crippen LogP contribution in [0.5, 0.6) is 0 Å². The van der Waals surface area contributed by atoms with Gasteiger partial charge in [0.25, 0.3) is 0 Å². The highest BCUT2D eigenvalue weighted by Crippen LogP contribution is 2.26. The molecule has 0 fully saturated rings. The molecule has 2 aromatic rings. The van der Waals surface area contributed by atoms with Gasteiger partial charge in [0.1, 0.15) is 17.5 Å². The van der Waals surface area contributed by atoms with Gasteiger partial charge >= 0.3 is 0 Å². The molecule has 0 amide bonds. The van der Waals surface area contributed by atoms with Crippen LogP contribution in [-0.2, 0) is 13.0 Å². The summed E-state index contributed by atoms with van der Waals surface area (Å²) in [4.78, 5) is 13.1. The minimum absolute atomic E-state index is 0.849. The minimum atomic E-state index is 0.849. The Hall–Kier alpha value is -1.62. The number of anilines is 2. The van der Waals surface area contributed by atoms with Gasteiger partial charge in [-0.1, -0.05) is 13.0 Å². The molecule has 4 nitrogen and oxygen atoms in total. The molecule has 0 aliphatic rings. The summed E-state index contributed by atoms with van der Waals surface area (Å²) in [5.41, 5.74) is 1.13. The Bertz CT molecular complexity index is 566. The Morgan fingerprint density at radius 3 is 2.62 bits per heavy atom. The van der Waals surface area contributed by atoms with Crippen LogP contribution < -0.4 is 10.2 Å². The first-order chi connectivity index (χ1) is 10.2. The predicted octanol–water partition coefficient (Wildman–Crippen LogP) is 3.87. The maximum Gasteiger partial charge on any atom is 0.137 e. The zero-order chi connectivity index (χ0) is 15.2. The van der Waals surface area contributed by atoms with E-state index in [0.717, 1.165) is 49.1 Å². The first kappa shape index (κ1) is 15.8. The van der Waals surface area contributed by atoms with E-state index in [2.05, 4.69) is 60.4 Å². The van der Waals surface area contributed by atoms with Crippen molar-refractivity contribution in [2.24, 2.45) is 0 Å². The normalized spacial score (nSPS) is 10.7. The topological polar surface area (TPSA) is 41.1 Å². The van der Waals surface area contributed by atoms with Crippen LogP contribution in [0.1, 0.15) is 37.0 Å². The van der Waals surface area contributed by atoms with Crippen LogP contribution >= 0.6 is 11.3 Å². The van der Waals surface area contributed by atoms with E-state index in [4.69, 9.17) is 4.98 Å². The fraction of sp³-hybridized carbons (Fsp3) is 0.500. The zero-order valence-corrected chi connectivity index (χ0v) is 14.1. The molecule has 1 N–H and O–H groups in total. The summed E-state index contributed by atoms with van der Waals surface area (Å²) < 4.78 is 0. The SMILES string of the molecule is CCNc1nc(CC)nc(N(CC)Cc2cccs2)c1C. The van der Waals surface area contributed by atoms with Gasteiger partial charge in [-0.2, -0.15) is 0 Å². The van der Waals surface area contributed by atoms with Gasteiger partial charge in [0.15, 0.2) is 0 Å². The molecule has 0 aromatic carbocycles. The van der Waals surface area contributed by atoms with Crippen LogP contribution in [0.15, 0.2) is 17.5 Å². The van der Waals surface area contributed by atoms with Crippen molar-refractivity contribution in [2.45, 2.75) is 40.7 Å². The Morgan fingerprint density at radius 2 is 2.05 bits per heavy atom. The van der Waals surface area contributed by atoms with Crippen molar-refractivity contribution in [3.8, 4) is 0 Å². The summed E-state index contributed by atoms with van der Waals surface area (Å²) in [7, 11) is 0. The molecule has 2 aromatic heterocycles. The smallest absolute Gasteiger partial charge is 0.137 e. The second-order valence-electron chi connectivity index (χ2n) is 4.91. The van der Waals surface area contributed by atoms with Gasteiger partial charge in [0.2, 0.25) is 0 Å². The molecule has 114 valence electrons. The molecule has 21 heavy (non-hydrogen) atoms. The van der Waals surface area contributed by atoms with Gasteiger partial charge < -0.3 is 10.2 Å². The third kappa shape index (κ3) is 3.73. The van der Waals surface area contributed by atoms with Crippen LogP contribution in [0.2, 0.25) is 0 Å². The highest BCUT2D eigenvalue weighted by atomic mass is 32.1. The number of aromatic nitrogens is 2. The first-order valence-electron chi connectivity index (χ1n) is 7.58. The molecule has 0 aliphatic carbocycles. The number of nitrogens with one attached hydrogen (secondary N) is 1. The van der Waals surface area contributed by atoms with Crippen molar-refractivity contribution in [1.82, 2.24) is 9.97 Å². The second-order valence-corrected chi connectivity index (χ2v) is 5.95. The molecule has 2 rings (SSSR count). The third-order valence-electron chi connectivity index (χ3n) is 3.43. The molecule has 0 bridgehead atoms. The summed E-state index contributed by atoms with van der Waals surface area (Å²) in [6.07, 6.45) is 0.849. The zero-order valence-electron chi connectivity index (χ0n) is 13.3. The predicted molar refractivity (Wildman–Crippen MR) is 91.4 cm³/mol. The van der Waals surface area contributed by atoms with E-state index in [-0.39, 0.29) is 0 Å². The summed E-state index contributed by atoms with van der Waals surface area (Å²) in [5.74, 6) is 2.91. The highest BCUT2D eigenvalue weighted by molar-refractivity contribution is 7.09. The number of nitrogens with zero attached hydrogens (tertiary/aromatic N) is 3. The average molecular weight is 304 g/mol. The van der Waals surface area contributed by atoms with E-state index in [1.807, 2.05) is 0 Å². The molecule has 0 saturated carbocycles. The van der Waals surface area contributed by atoms with Crippen molar-refractivity contribution in [3.63, 3.8) is 0 Å². The van der Waals surface area contributed by atoms with E-state index in [9.17, 15) is 0 Å². The fourth-order valence-electron chi connectivity index (χ4n) is 2.28. The molecular formula is C16H24N4S. The number of hydrogen-bond acceptors (Lipinski definition) is 5. The number of rotatable bonds is 7. The number of aryl methyl sites for hydroxylation is 1. The molecule has 0 saturated heterocycles. The quantitative estimate of drug-likeness (QED) is 0.843.